The molecule has 0 saturated carbocycles. The second-order valence-corrected chi connectivity index (χ2v) is 7.33. The van der Waals surface area contributed by atoms with E-state index in [1.54, 1.807) is 17.0 Å². The lowest BCUT2D eigenvalue weighted by Crippen LogP contribution is -2.39. The first-order chi connectivity index (χ1) is 13.5. The van der Waals surface area contributed by atoms with Crippen LogP contribution in [0.1, 0.15) is 54.8 Å². The van der Waals surface area contributed by atoms with E-state index in [0.717, 1.165) is 18.7 Å². The van der Waals surface area contributed by atoms with Gasteiger partial charge in [0, 0.05) is 43.5 Å². The van der Waals surface area contributed by atoms with Crippen LogP contribution in [0, 0.1) is 0 Å². The van der Waals surface area contributed by atoms with Gasteiger partial charge in [0.15, 0.2) is 0 Å². The number of aromatic nitrogens is 6. The lowest BCUT2D eigenvalue weighted by molar-refractivity contribution is 0.0700. The molecule has 9 heteroatoms. The molecule has 1 aliphatic heterocycles. The van der Waals surface area contributed by atoms with Gasteiger partial charge in [0.25, 0.3) is 5.91 Å². The van der Waals surface area contributed by atoms with E-state index in [1.165, 1.54) is 17.1 Å². The lowest BCUT2D eigenvalue weighted by Gasteiger charge is -2.33. The maximum atomic E-state index is 13.0. The molecule has 1 N–H and O–H groups in total. The van der Waals surface area contributed by atoms with Gasteiger partial charge in [0.2, 0.25) is 0 Å². The van der Waals surface area contributed by atoms with Crippen LogP contribution in [0.5, 0.6) is 5.75 Å². The van der Waals surface area contributed by atoms with Gasteiger partial charge in [-0.05, 0) is 49.2 Å². The molecule has 3 aromatic rings. The monoisotopic (exact) mass is 381 g/mol. The van der Waals surface area contributed by atoms with Gasteiger partial charge in [-0.25, -0.2) is 9.67 Å². The zero-order valence-corrected chi connectivity index (χ0v) is 15.9. The number of carbonyl (C=O) groups is 1. The maximum absolute atomic E-state index is 13.0. The summed E-state index contributed by atoms with van der Waals surface area (Å²) in [4.78, 5) is 19.4. The molecule has 1 amide bonds. The third kappa shape index (κ3) is 3.35. The van der Waals surface area contributed by atoms with Crippen molar-refractivity contribution in [3.8, 4) is 11.4 Å². The Morgan fingerprint density at radius 1 is 1.32 bits per heavy atom. The minimum Gasteiger partial charge on any atom is -0.507 e. The fourth-order valence-corrected chi connectivity index (χ4v) is 3.74. The van der Waals surface area contributed by atoms with Crippen molar-refractivity contribution in [3.63, 3.8) is 0 Å². The van der Waals surface area contributed by atoms with Crippen LogP contribution >= 0.6 is 0 Å². The van der Waals surface area contributed by atoms with Gasteiger partial charge in [-0.2, -0.15) is 0 Å². The highest BCUT2D eigenvalue weighted by Gasteiger charge is 2.29. The molecule has 1 fully saturated rings. The van der Waals surface area contributed by atoms with Crippen molar-refractivity contribution in [1.29, 1.82) is 0 Å². The van der Waals surface area contributed by atoms with Crippen molar-refractivity contribution in [2.45, 2.75) is 38.6 Å². The highest BCUT2D eigenvalue weighted by atomic mass is 16.3. The summed E-state index contributed by atoms with van der Waals surface area (Å²) in [6.07, 6.45) is 7.15. The summed E-state index contributed by atoms with van der Waals surface area (Å²) in [5, 5.41) is 21.4. The third-order valence-electron chi connectivity index (χ3n) is 5.15. The molecule has 0 bridgehead atoms. The number of imidazole rings is 1. The molecule has 4 rings (SSSR count). The molecule has 9 nitrogen and oxygen atoms in total. The SMILES string of the molecule is CC(C)n1ccnc1C1CCCN(C(=O)c2ccc(-n3cnnn3)cc2O)C1. The van der Waals surface area contributed by atoms with E-state index in [4.69, 9.17) is 0 Å². The van der Waals surface area contributed by atoms with Crippen LogP contribution in [0.4, 0.5) is 0 Å². The number of amides is 1. The summed E-state index contributed by atoms with van der Waals surface area (Å²) in [6, 6.07) is 5.16. The first-order valence-corrected chi connectivity index (χ1v) is 9.43. The molecule has 28 heavy (non-hydrogen) atoms. The number of tetrazole rings is 1. The average Bonchev–Trinajstić information content (AvgIpc) is 3.39. The Bertz CT molecular complexity index is 965. The molecule has 0 spiro atoms. The van der Waals surface area contributed by atoms with Crippen LogP contribution in [0.2, 0.25) is 0 Å². The van der Waals surface area contributed by atoms with Crippen LogP contribution in [0.15, 0.2) is 36.9 Å². The first-order valence-electron chi connectivity index (χ1n) is 9.43. The molecule has 1 unspecified atom stereocenters. The molecule has 1 atom stereocenters. The minimum absolute atomic E-state index is 0.0798. The number of nitrogens with zero attached hydrogens (tertiary/aromatic N) is 7. The Hall–Kier alpha value is -3.23. The third-order valence-corrected chi connectivity index (χ3v) is 5.15. The molecule has 1 aromatic carbocycles. The predicted octanol–water partition coefficient (Wildman–Crippen LogP) is 2.17. The van der Waals surface area contributed by atoms with Crippen molar-refractivity contribution in [2.75, 3.05) is 13.1 Å². The van der Waals surface area contributed by atoms with Crippen LogP contribution < -0.4 is 0 Å². The number of piperidine rings is 1. The molecule has 1 saturated heterocycles. The summed E-state index contributed by atoms with van der Waals surface area (Å²) in [7, 11) is 0. The number of phenols is 1. The zero-order valence-electron chi connectivity index (χ0n) is 15.9. The second-order valence-electron chi connectivity index (χ2n) is 7.33. The van der Waals surface area contributed by atoms with Gasteiger partial charge in [-0.3, -0.25) is 4.79 Å². The number of phenolic OH excluding ortho intramolecular Hbond substituents is 1. The Kier molecular flexibility index (Phi) is 4.81. The quantitative estimate of drug-likeness (QED) is 0.743. The number of carbonyl (C=O) groups excluding carboxylic acids is 1. The number of hydrogen-bond acceptors (Lipinski definition) is 6. The normalized spacial score (nSPS) is 17.2. The standard InChI is InChI=1S/C19H23N7O2/c1-13(2)25-9-7-20-18(25)14-4-3-8-24(11-14)19(28)16-6-5-15(10-17(16)27)26-12-21-22-23-26/h5-7,9-10,12-14,27H,3-4,8,11H2,1-2H3. The minimum atomic E-state index is -0.173. The molecule has 0 radical (unpaired) electrons. The van der Waals surface area contributed by atoms with E-state index in [-0.39, 0.29) is 23.1 Å². The topological polar surface area (TPSA) is 102 Å². The van der Waals surface area contributed by atoms with E-state index in [9.17, 15) is 9.90 Å². The number of hydrogen-bond donors (Lipinski definition) is 1. The van der Waals surface area contributed by atoms with E-state index in [2.05, 4.69) is 38.9 Å². The van der Waals surface area contributed by atoms with Gasteiger partial charge < -0.3 is 14.6 Å². The van der Waals surface area contributed by atoms with E-state index < -0.39 is 0 Å². The second kappa shape index (κ2) is 7.41. The van der Waals surface area contributed by atoms with Crippen LogP contribution in [-0.4, -0.2) is 58.8 Å². The Labute approximate surface area is 162 Å². The van der Waals surface area contributed by atoms with Crippen molar-refractivity contribution in [2.24, 2.45) is 0 Å². The number of aromatic hydroxyl groups is 1. The van der Waals surface area contributed by atoms with Crippen molar-refractivity contribution in [1.82, 2.24) is 34.7 Å². The maximum Gasteiger partial charge on any atom is 0.257 e. The molecular weight excluding hydrogens is 358 g/mol. The van der Waals surface area contributed by atoms with E-state index >= 15 is 0 Å². The molecular formula is C19H23N7O2. The summed E-state index contributed by atoms with van der Waals surface area (Å²) in [5.41, 5.74) is 0.874. The van der Waals surface area contributed by atoms with E-state index in [0.29, 0.717) is 24.8 Å². The molecule has 146 valence electrons. The van der Waals surface area contributed by atoms with Gasteiger partial charge in [-0.1, -0.05) is 0 Å². The summed E-state index contributed by atoms with van der Waals surface area (Å²) < 4.78 is 3.59. The fourth-order valence-electron chi connectivity index (χ4n) is 3.74. The highest BCUT2D eigenvalue weighted by Crippen LogP contribution is 2.30. The van der Waals surface area contributed by atoms with Crippen molar-refractivity contribution >= 4 is 5.91 Å². The Morgan fingerprint density at radius 2 is 2.18 bits per heavy atom. The summed E-state index contributed by atoms with van der Waals surface area (Å²) in [6.45, 7) is 5.52. The Balaban J connectivity index is 1.54. The van der Waals surface area contributed by atoms with E-state index in [1.807, 2.05) is 12.4 Å². The van der Waals surface area contributed by atoms with Crippen molar-refractivity contribution in [3.05, 3.63) is 48.3 Å². The number of rotatable bonds is 4. The van der Waals surface area contributed by atoms with Crippen LogP contribution in [0.3, 0.4) is 0 Å². The molecule has 0 aliphatic carbocycles. The highest BCUT2D eigenvalue weighted by molar-refractivity contribution is 5.97. The number of likely N-dealkylation sites (tertiary alicyclic amines) is 1. The smallest absolute Gasteiger partial charge is 0.257 e. The number of benzene rings is 1. The molecule has 3 heterocycles. The average molecular weight is 381 g/mol. The summed E-state index contributed by atoms with van der Waals surface area (Å²) >= 11 is 0. The van der Waals surface area contributed by atoms with Gasteiger partial charge in [0.1, 0.15) is 17.9 Å². The molecule has 1 aliphatic rings. The zero-order chi connectivity index (χ0) is 19.7. The lowest BCUT2D eigenvalue weighted by atomic mass is 9.96. The fraction of sp³-hybridized carbons (Fsp3) is 0.421. The largest absolute Gasteiger partial charge is 0.507 e. The first kappa shape index (κ1) is 18.1. The van der Waals surface area contributed by atoms with Gasteiger partial charge in [-0.15, -0.1) is 5.10 Å². The van der Waals surface area contributed by atoms with Gasteiger partial charge >= 0.3 is 0 Å². The predicted molar refractivity (Wildman–Crippen MR) is 101 cm³/mol. The molecule has 2 aromatic heterocycles. The summed E-state index contributed by atoms with van der Waals surface area (Å²) in [5.74, 6) is 0.959. The Morgan fingerprint density at radius 3 is 2.89 bits per heavy atom. The van der Waals surface area contributed by atoms with Crippen LogP contribution in [-0.2, 0) is 0 Å². The van der Waals surface area contributed by atoms with Crippen LogP contribution in [0.25, 0.3) is 5.69 Å². The van der Waals surface area contributed by atoms with Crippen molar-refractivity contribution < 1.29 is 9.90 Å². The van der Waals surface area contributed by atoms with Gasteiger partial charge in [0.05, 0.1) is 11.3 Å².